The summed E-state index contributed by atoms with van der Waals surface area (Å²) in [5.41, 5.74) is -0.292. The van der Waals surface area contributed by atoms with Gasteiger partial charge in [-0.3, -0.25) is 4.79 Å². The van der Waals surface area contributed by atoms with Crippen molar-refractivity contribution in [3.63, 3.8) is 0 Å². The summed E-state index contributed by atoms with van der Waals surface area (Å²) in [5, 5.41) is 8.39. The summed E-state index contributed by atoms with van der Waals surface area (Å²) in [5.74, 6) is 0.474. The van der Waals surface area contributed by atoms with Crippen molar-refractivity contribution in [1.82, 2.24) is 10.3 Å². The topological polar surface area (TPSA) is 74.9 Å². The highest BCUT2D eigenvalue weighted by molar-refractivity contribution is 6.35. The maximum atomic E-state index is 12.3. The van der Waals surface area contributed by atoms with E-state index in [2.05, 4.69) is 10.4 Å². The van der Waals surface area contributed by atoms with Gasteiger partial charge in [0.25, 0.3) is 5.91 Å². The van der Waals surface area contributed by atoms with E-state index in [1.807, 2.05) is 6.92 Å². The Morgan fingerprint density at radius 1 is 1.28 bits per heavy atom. The molecule has 3 rings (SSSR count). The third-order valence-electron chi connectivity index (χ3n) is 4.07. The normalized spacial score (nSPS) is 20.6. The highest BCUT2D eigenvalue weighted by atomic mass is 35.5. The maximum Gasteiger partial charge on any atom is 0.346 e. The van der Waals surface area contributed by atoms with Gasteiger partial charge in [-0.15, -0.1) is 5.01 Å². The Kier molecular flexibility index (Phi) is 4.58. The molecule has 2 heterocycles. The Morgan fingerprint density at radius 3 is 2.72 bits per heavy atom. The van der Waals surface area contributed by atoms with Gasteiger partial charge in [-0.2, -0.15) is 5.10 Å². The first-order valence-corrected chi connectivity index (χ1v) is 8.35. The zero-order chi connectivity index (χ0) is 18.2. The van der Waals surface area contributed by atoms with Crippen LogP contribution in [-0.2, 0) is 4.79 Å². The van der Waals surface area contributed by atoms with Crippen LogP contribution in [-0.4, -0.2) is 28.7 Å². The predicted molar refractivity (Wildman–Crippen MR) is 95.8 cm³/mol. The van der Waals surface area contributed by atoms with Crippen LogP contribution in [0.4, 0.5) is 4.79 Å². The molecule has 2 aromatic rings. The quantitative estimate of drug-likeness (QED) is 0.635. The molecule has 0 saturated carbocycles. The predicted octanol–water partition coefficient (Wildman–Crippen LogP) is 4.31. The molecule has 0 radical (unpaired) electrons. The Labute approximate surface area is 154 Å². The summed E-state index contributed by atoms with van der Waals surface area (Å²) in [7, 11) is 0. The molecule has 1 N–H and O–H groups in total. The zero-order valence-corrected chi connectivity index (χ0v) is 15.1. The number of hydrazone groups is 1. The average Bonchev–Trinajstić information content (AvgIpc) is 3.13. The molecule has 1 fully saturated rings. The number of carbonyl (C=O) groups excluding carboxylic acids is 2. The van der Waals surface area contributed by atoms with Gasteiger partial charge >= 0.3 is 6.03 Å². The van der Waals surface area contributed by atoms with Crippen LogP contribution >= 0.6 is 23.2 Å². The molecular weight excluding hydrogens is 365 g/mol. The first-order chi connectivity index (χ1) is 11.8. The summed E-state index contributed by atoms with van der Waals surface area (Å²) < 4.78 is 5.65. The third kappa shape index (κ3) is 3.27. The SMILES string of the molecule is CCC1(C)NC(=O)N(/N=C/c2ccc(-c3cc(Cl)ccc3Cl)o2)C1=O. The number of amides is 3. The highest BCUT2D eigenvalue weighted by Crippen LogP contribution is 2.31. The number of urea groups is 1. The largest absolute Gasteiger partial charge is 0.455 e. The monoisotopic (exact) mass is 379 g/mol. The van der Waals surface area contributed by atoms with Crippen molar-refractivity contribution in [3.8, 4) is 11.3 Å². The van der Waals surface area contributed by atoms with Crippen molar-refractivity contribution in [3.05, 3.63) is 46.1 Å². The van der Waals surface area contributed by atoms with Gasteiger partial charge in [-0.05, 0) is 43.7 Å². The molecule has 1 atom stereocenters. The third-order valence-corrected chi connectivity index (χ3v) is 4.63. The lowest BCUT2D eigenvalue weighted by molar-refractivity contribution is -0.130. The summed E-state index contributed by atoms with van der Waals surface area (Å²) >= 11 is 12.1. The molecule has 0 spiro atoms. The maximum absolute atomic E-state index is 12.3. The van der Waals surface area contributed by atoms with Gasteiger partial charge in [0.2, 0.25) is 0 Å². The van der Waals surface area contributed by atoms with Crippen molar-refractivity contribution >= 4 is 41.4 Å². The Bertz CT molecular complexity index is 878. The lowest BCUT2D eigenvalue weighted by atomic mass is 10.00. The molecule has 25 heavy (non-hydrogen) atoms. The van der Waals surface area contributed by atoms with Crippen LogP contribution < -0.4 is 5.32 Å². The van der Waals surface area contributed by atoms with E-state index >= 15 is 0 Å². The minimum Gasteiger partial charge on any atom is -0.455 e. The van der Waals surface area contributed by atoms with Gasteiger partial charge in [0.1, 0.15) is 17.1 Å². The van der Waals surface area contributed by atoms with Crippen molar-refractivity contribution in [2.45, 2.75) is 25.8 Å². The van der Waals surface area contributed by atoms with Crippen LogP contribution in [0.25, 0.3) is 11.3 Å². The number of nitrogens with zero attached hydrogens (tertiary/aromatic N) is 2. The molecule has 1 aliphatic rings. The molecule has 6 nitrogen and oxygen atoms in total. The van der Waals surface area contributed by atoms with E-state index in [1.54, 1.807) is 37.3 Å². The van der Waals surface area contributed by atoms with Gasteiger partial charge in [0, 0.05) is 10.6 Å². The zero-order valence-electron chi connectivity index (χ0n) is 13.5. The minimum absolute atomic E-state index is 0.372. The number of imide groups is 1. The Balaban J connectivity index is 1.82. The van der Waals surface area contributed by atoms with Gasteiger partial charge in [0.05, 0.1) is 11.2 Å². The fourth-order valence-corrected chi connectivity index (χ4v) is 2.76. The van der Waals surface area contributed by atoms with E-state index in [9.17, 15) is 9.59 Å². The Hall–Kier alpha value is -2.31. The number of hydrogen-bond acceptors (Lipinski definition) is 4. The molecule has 1 aromatic carbocycles. The van der Waals surface area contributed by atoms with E-state index in [0.29, 0.717) is 33.6 Å². The van der Waals surface area contributed by atoms with Gasteiger partial charge in [0.15, 0.2) is 0 Å². The molecule has 0 bridgehead atoms. The molecule has 1 aliphatic heterocycles. The van der Waals surface area contributed by atoms with Crippen molar-refractivity contribution in [1.29, 1.82) is 0 Å². The van der Waals surface area contributed by atoms with Gasteiger partial charge in [-0.25, -0.2) is 4.79 Å². The number of carbonyl (C=O) groups is 2. The second-order valence-corrected chi connectivity index (χ2v) is 6.65. The molecule has 0 aliphatic carbocycles. The number of rotatable bonds is 4. The number of nitrogens with one attached hydrogen (secondary N) is 1. The number of furan rings is 1. The standard InChI is InChI=1S/C17H15Cl2N3O3/c1-3-17(2)15(23)22(16(24)21-17)20-9-11-5-7-14(25-11)12-8-10(18)4-6-13(12)19/h4-9H,3H2,1-2H3,(H,21,24)/b20-9+. The fraction of sp³-hybridized carbons (Fsp3) is 0.235. The molecular formula is C17H15Cl2N3O3. The van der Waals surface area contributed by atoms with E-state index in [-0.39, 0.29) is 0 Å². The van der Waals surface area contributed by atoms with Gasteiger partial charge in [-0.1, -0.05) is 30.1 Å². The summed E-state index contributed by atoms with van der Waals surface area (Å²) in [6.07, 6.45) is 1.78. The first-order valence-electron chi connectivity index (χ1n) is 7.60. The first kappa shape index (κ1) is 17.5. The molecule has 1 aromatic heterocycles. The van der Waals surface area contributed by atoms with Crippen molar-refractivity contribution < 1.29 is 14.0 Å². The fourth-order valence-electron chi connectivity index (χ4n) is 2.38. The number of halogens is 2. The molecule has 130 valence electrons. The second-order valence-electron chi connectivity index (χ2n) is 5.80. The van der Waals surface area contributed by atoms with Crippen LogP contribution in [0, 0.1) is 0 Å². The number of benzene rings is 1. The second kappa shape index (κ2) is 6.54. The summed E-state index contributed by atoms with van der Waals surface area (Å²) in [6.45, 7) is 3.48. The van der Waals surface area contributed by atoms with Crippen molar-refractivity contribution in [2.24, 2.45) is 5.10 Å². The van der Waals surface area contributed by atoms with Crippen LogP contribution in [0.5, 0.6) is 0 Å². The lowest BCUT2D eigenvalue weighted by Gasteiger charge is -2.17. The highest BCUT2D eigenvalue weighted by Gasteiger charge is 2.46. The van der Waals surface area contributed by atoms with E-state index in [1.165, 1.54) is 6.21 Å². The van der Waals surface area contributed by atoms with E-state index in [4.69, 9.17) is 27.6 Å². The smallest absolute Gasteiger partial charge is 0.346 e. The molecule has 1 unspecified atom stereocenters. The van der Waals surface area contributed by atoms with E-state index in [0.717, 1.165) is 5.01 Å². The number of hydrogen-bond donors (Lipinski definition) is 1. The van der Waals surface area contributed by atoms with Crippen LogP contribution in [0.15, 0.2) is 39.9 Å². The summed E-state index contributed by atoms with van der Waals surface area (Å²) in [4.78, 5) is 24.2. The van der Waals surface area contributed by atoms with Crippen LogP contribution in [0.3, 0.4) is 0 Å². The van der Waals surface area contributed by atoms with Crippen LogP contribution in [0.1, 0.15) is 26.0 Å². The molecule has 8 heteroatoms. The lowest BCUT2D eigenvalue weighted by Crippen LogP contribution is -2.42. The minimum atomic E-state index is -0.933. The van der Waals surface area contributed by atoms with Gasteiger partial charge < -0.3 is 9.73 Å². The average molecular weight is 380 g/mol. The van der Waals surface area contributed by atoms with E-state index < -0.39 is 17.5 Å². The Morgan fingerprint density at radius 2 is 2.04 bits per heavy atom. The van der Waals surface area contributed by atoms with Crippen LogP contribution in [0.2, 0.25) is 10.0 Å². The molecule has 3 amide bonds. The summed E-state index contributed by atoms with van der Waals surface area (Å²) in [6, 6.07) is 7.85. The van der Waals surface area contributed by atoms with Crippen molar-refractivity contribution in [2.75, 3.05) is 0 Å². The molecule has 1 saturated heterocycles.